The maximum atomic E-state index is 15.2. The molecule has 0 bridgehead atoms. The van der Waals surface area contributed by atoms with Gasteiger partial charge in [0.25, 0.3) is 9.52 Å². The first-order valence-corrected chi connectivity index (χ1v) is 24.6. The molecule has 0 unspecified atom stereocenters. The van der Waals surface area contributed by atoms with Gasteiger partial charge in [-0.05, 0) is 38.9 Å². The van der Waals surface area contributed by atoms with Crippen LogP contribution in [0.3, 0.4) is 0 Å². The topological polar surface area (TPSA) is 190 Å². The van der Waals surface area contributed by atoms with Gasteiger partial charge in [-0.15, -0.1) is 0 Å². The van der Waals surface area contributed by atoms with E-state index >= 15 is 4.57 Å². The summed E-state index contributed by atoms with van der Waals surface area (Å²) in [5, 5.41) is 23.0. The Morgan fingerprint density at radius 3 is 1.70 bits per heavy atom. The van der Waals surface area contributed by atoms with E-state index in [9.17, 15) is 14.7 Å². The molecule has 366 valence electrons. The maximum Gasteiger partial charge on any atom is 0.508 e. The molecule has 2 aliphatic rings. The number of aliphatic hydroxyl groups excluding tert-OH is 1. The van der Waals surface area contributed by atoms with Gasteiger partial charge in [-0.3, -0.25) is 24.3 Å². The number of alkyl carbamates (subject to hydrolysis) is 1. The van der Waals surface area contributed by atoms with Crippen LogP contribution in [-0.2, 0) is 66.4 Å². The van der Waals surface area contributed by atoms with Crippen LogP contribution < -0.4 is 5.32 Å². The van der Waals surface area contributed by atoms with Crippen LogP contribution in [0.15, 0.2) is 140 Å². The second-order valence-corrected chi connectivity index (χ2v) is 21.8. The number of phosphoric ester groups is 1. The Balaban J connectivity index is 1.31. The number of alkyl halides is 6. The molecule has 1 heterocycles. The molecule has 69 heavy (non-hydrogen) atoms. The lowest BCUT2D eigenvalue weighted by Gasteiger charge is -2.50. The number of hydrogen-bond acceptors (Lipinski definition) is 14. The SMILES string of the molecule is N=C(O[C@@]1(NC(=O)OCC(Cl)(Cl)Cl)[C@@H](O)O[C@H](COCc2ccccc2)[C@@H](OP(=O)(OCc2ccccc2)OCc2ccccc2)[C@@H]1OC(=O)OCC1c2ccccc2-c2ccccc21)C(Cl)(Cl)Cl. The molecule has 1 aliphatic carbocycles. The monoisotopic (exact) mass is 1080 g/mol. The first-order valence-electron chi connectivity index (χ1n) is 20.9. The lowest BCUT2D eigenvalue weighted by atomic mass is 9.92. The van der Waals surface area contributed by atoms with Gasteiger partial charge in [-0.25, -0.2) is 14.2 Å². The van der Waals surface area contributed by atoms with Gasteiger partial charge in [0.15, 0.2) is 6.10 Å². The first-order chi connectivity index (χ1) is 32.9. The fourth-order valence-corrected chi connectivity index (χ4v) is 9.11. The fraction of sp³-hybridized carbons (Fsp3) is 0.298. The van der Waals surface area contributed by atoms with Gasteiger partial charge < -0.3 is 33.5 Å². The van der Waals surface area contributed by atoms with E-state index in [-0.39, 0.29) is 26.4 Å². The number of halogens is 6. The van der Waals surface area contributed by atoms with Gasteiger partial charge in [-0.2, -0.15) is 0 Å². The number of fused-ring (bicyclic) bond motifs is 3. The minimum absolute atomic E-state index is 0.0325. The Bertz CT molecular complexity index is 2490. The van der Waals surface area contributed by atoms with Crippen molar-refractivity contribution in [2.24, 2.45) is 0 Å². The predicted octanol–water partition coefficient (Wildman–Crippen LogP) is 11.3. The molecule has 0 radical (unpaired) electrons. The summed E-state index contributed by atoms with van der Waals surface area (Å²) in [6.45, 7) is -2.43. The van der Waals surface area contributed by atoms with Gasteiger partial charge in [0.2, 0.25) is 16.0 Å². The Labute approximate surface area is 427 Å². The summed E-state index contributed by atoms with van der Waals surface area (Å²) in [6.07, 6.45) is -11.5. The van der Waals surface area contributed by atoms with Gasteiger partial charge >= 0.3 is 20.1 Å². The number of carbonyl (C=O) groups excluding carboxylic acids is 2. The number of hydrogen-bond donors (Lipinski definition) is 3. The minimum atomic E-state index is -4.98. The number of carbonyl (C=O) groups is 2. The number of phosphoric acid groups is 1. The van der Waals surface area contributed by atoms with Crippen molar-refractivity contribution in [2.75, 3.05) is 19.8 Å². The fourth-order valence-electron chi connectivity index (χ4n) is 7.47. The molecular formula is C47H43Cl6N2O13P. The van der Waals surface area contributed by atoms with E-state index in [0.29, 0.717) is 16.7 Å². The Hall–Kier alpha value is -4.16. The van der Waals surface area contributed by atoms with Gasteiger partial charge in [0, 0.05) is 5.92 Å². The first kappa shape index (κ1) is 52.7. The number of benzene rings is 5. The zero-order chi connectivity index (χ0) is 49.2. The summed E-state index contributed by atoms with van der Waals surface area (Å²) in [7, 11) is -4.98. The van der Waals surface area contributed by atoms with Gasteiger partial charge in [0.05, 0.1) is 26.4 Å². The van der Waals surface area contributed by atoms with Crippen LogP contribution in [0.25, 0.3) is 11.1 Å². The van der Waals surface area contributed by atoms with E-state index in [1.54, 1.807) is 91.0 Å². The largest absolute Gasteiger partial charge is 0.508 e. The van der Waals surface area contributed by atoms with Crippen molar-refractivity contribution in [1.82, 2.24) is 5.32 Å². The van der Waals surface area contributed by atoms with Crippen LogP contribution in [0, 0.1) is 5.41 Å². The van der Waals surface area contributed by atoms with Crippen LogP contribution in [0.5, 0.6) is 0 Å². The number of nitrogens with one attached hydrogen (secondary N) is 2. The molecule has 1 fully saturated rings. The second kappa shape index (κ2) is 23.4. The number of ether oxygens (including phenoxy) is 6. The van der Waals surface area contributed by atoms with Crippen molar-refractivity contribution in [3.8, 4) is 11.1 Å². The molecule has 0 saturated carbocycles. The summed E-state index contributed by atoms with van der Waals surface area (Å²) in [5.41, 5.74) is 2.21. The zero-order valence-corrected chi connectivity index (χ0v) is 41.4. The molecule has 1 aliphatic heterocycles. The standard InChI is InChI=1S/C47H43Cl6N2O13P/c48-45(49,50)29-62-43(57)55-46(67-41(54)47(51,52)53)40(66-44(58)61-27-37-35-22-12-10-20-33(35)34-21-11-13-23-36(34)37)39(38(65-42(46)56)28-60-24-30-14-4-1-5-15-30)68-69(59,63-25-31-16-6-2-7-17-31)64-26-32-18-8-3-9-19-32/h1-23,37-40,42,54,56H,24-29H2,(H,55,57)/t38-,39-,40+,42+,46-/m1/s1. The van der Waals surface area contributed by atoms with Crippen molar-refractivity contribution in [2.45, 2.75) is 63.7 Å². The average Bonchev–Trinajstić information content (AvgIpc) is 3.65. The van der Waals surface area contributed by atoms with E-state index in [1.165, 1.54) is 0 Å². The van der Waals surface area contributed by atoms with Gasteiger partial charge in [0.1, 0.15) is 25.4 Å². The van der Waals surface area contributed by atoms with Crippen LogP contribution >= 0.6 is 77.4 Å². The molecule has 0 aromatic heterocycles. The van der Waals surface area contributed by atoms with Crippen molar-refractivity contribution in [3.05, 3.63) is 167 Å². The highest BCUT2D eigenvalue weighted by Gasteiger charge is 2.65. The van der Waals surface area contributed by atoms with E-state index in [2.05, 4.69) is 5.32 Å². The Kier molecular flexibility index (Phi) is 17.8. The van der Waals surface area contributed by atoms with Crippen LogP contribution in [0.1, 0.15) is 33.7 Å². The molecule has 7 rings (SSSR count). The lowest BCUT2D eigenvalue weighted by molar-refractivity contribution is -0.331. The molecule has 0 spiro atoms. The Morgan fingerprint density at radius 1 is 0.696 bits per heavy atom. The summed E-state index contributed by atoms with van der Waals surface area (Å²) in [6, 6.07) is 41.3. The third kappa shape index (κ3) is 14.0. The third-order valence-corrected chi connectivity index (χ3v) is 12.8. The van der Waals surface area contributed by atoms with Gasteiger partial charge in [-0.1, -0.05) is 209 Å². The highest BCUT2D eigenvalue weighted by molar-refractivity contribution is 7.48. The number of rotatable bonds is 18. The lowest BCUT2D eigenvalue weighted by Crippen LogP contribution is -2.76. The molecule has 1 saturated heterocycles. The number of amides is 1. The average molecular weight is 1090 g/mol. The van der Waals surface area contributed by atoms with E-state index in [0.717, 1.165) is 22.3 Å². The number of aliphatic hydroxyl groups is 1. The van der Waals surface area contributed by atoms with Crippen molar-refractivity contribution >= 4 is 95.6 Å². The molecule has 5 aromatic carbocycles. The molecule has 3 N–H and O–H groups in total. The summed E-state index contributed by atoms with van der Waals surface area (Å²) in [5.74, 6) is -1.75. The van der Waals surface area contributed by atoms with Crippen LogP contribution in [-0.4, -0.2) is 81.0 Å². The Morgan fingerprint density at radius 2 is 1.19 bits per heavy atom. The minimum Gasteiger partial charge on any atom is -0.445 e. The second-order valence-electron chi connectivity index (χ2n) is 15.4. The van der Waals surface area contributed by atoms with E-state index < -0.39 is 83.0 Å². The quantitative estimate of drug-likeness (QED) is 0.0188. The summed E-state index contributed by atoms with van der Waals surface area (Å²) >= 11 is 36.0. The van der Waals surface area contributed by atoms with Crippen molar-refractivity contribution in [3.63, 3.8) is 0 Å². The van der Waals surface area contributed by atoms with Crippen LogP contribution in [0.4, 0.5) is 9.59 Å². The molecular weight excluding hydrogens is 1040 g/mol. The maximum absolute atomic E-state index is 15.2. The zero-order valence-electron chi connectivity index (χ0n) is 36.0. The molecule has 5 atom stereocenters. The normalized spacial score (nSPS) is 20.3. The third-order valence-electron chi connectivity index (χ3n) is 10.6. The highest BCUT2D eigenvalue weighted by Crippen LogP contribution is 2.55. The van der Waals surface area contributed by atoms with Crippen molar-refractivity contribution < 1.29 is 61.3 Å². The molecule has 1 amide bonds. The highest BCUT2D eigenvalue weighted by atomic mass is 35.6. The van der Waals surface area contributed by atoms with E-state index in [1.807, 2.05) is 48.5 Å². The van der Waals surface area contributed by atoms with E-state index in [4.69, 9.17) is 117 Å². The molecule has 22 heteroatoms. The molecule has 5 aromatic rings. The van der Waals surface area contributed by atoms with Crippen molar-refractivity contribution in [1.29, 1.82) is 5.41 Å². The smallest absolute Gasteiger partial charge is 0.445 e. The predicted molar refractivity (Wildman–Crippen MR) is 258 cm³/mol. The summed E-state index contributed by atoms with van der Waals surface area (Å²) in [4.78, 5) is 28.1. The summed E-state index contributed by atoms with van der Waals surface area (Å²) < 4.78 is 63.6. The molecule has 15 nitrogen and oxygen atoms in total. The van der Waals surface area contributed by atoms with Crippen LogP contribution in [0.2, 0.25) is 0 Å².